The van der Waals surface area contributed by atoms with Crippen LogP contribution in [0.15, 0.2) is 18.3 Å². The van der Waals surface area contributed by atoms with E-state index in [0.29, 0.717) is 32.0 Å². The standard InChI is InChI=1S/C18H24F3N5O2/c19-18(20,21)13-5-6-15(22-11-13)26-9-7-25(8-10-26)12-16(27)24-17(28)23-14-3-1-2-4-14/h5-6,11,14H,1-4,7-10,12H2,(H2,23,24,27,28)/p+2. The van der Waals surface area contributed by atoms with Crippen LogP contribution in [0.2, 0.25) is 0 Å². The van der Waals surface area contributed by atoms with E-state index in [9.17, 15) is 22.8 Å². The Hall–Kier alpha value is -2.36. The van der Waals surface area contributed by atoms with Crippen molar-refractivity contribution in [1.82, 2.24) is 10.6 Å². The second-order valence-corrected chi connectivity index (χ2v) is 7.38. The van der Waals surface area contributed by atoms with Gasteiger partial charge in [0.05, 0.1) is 5.56 Å². The van der Waals surface area contributed by atoms with Crippen molar-refractivity contribution in [2.75, 3.05) is 37.6 Å². The number of hydrogen-bond acceptors (Lipinski definition) is 3. The van der Waals surface area contributed by atoms with E-state index < -0.39 is 17.8 Å². The zero-order valence-corrected chi connectivity index (χ0v) is 15.6. The number of nitrogens with zero attached hydrogens (tertiary/aromatic N) is 1. The van der Waals surface area contributed by atoms with E-state index >= 15 is 0 Å². The normalized spacial score (nSPS) is 18.9. The maximum Gasteiger partial charge on any atom is 0.419 e. The first-order valence-corrected chi connectivity index (χ1v) is 9.59. The maximum atomic E-state index is 12.6. The average Bonchev–Trinajstić information content (AvgIpc) is 3.14. The van der Waals surface area contributed by atoms with Gasteiger partial charge in [-0.15, -0.1) is 0 Å². The molecule has 28 heavy (non-hydrogen) atoms. The topological polar surface area (TPSA) is 80.0 Å². The van der Waals surface area contributed by atoms with Gasteiger partial charge in [-0.1, -0.05) is 12.8 Å². The lowest BCUT2D eigenvalue weighted by Crippen LogP contribution is -3.16. The molecule has 7 nitrogen and oxygen atoms in total. The van der Waals surface area contributed by atoms with Gasteiger partial charge in [-0.25, -0.2) is 9.78 Å². The van der Waals surface area contributed by atoms with Crippen LogP contribution >= 0.6 is 0 Å². The van der Waals surface area contributed by atoms with Crippen molar-refractivity contribution in [3.63, 3.8) is 0 Å². The molecule has 2 fully saturated rings. The van der Waals surface area contributed by atoms with Crippen molar-refractivity contribution in [2.45, 2.75) is 37.9 Å². The molecule has 2 aliphatic rings. The fourth-order valence-electron chi connectivity index (χ4n) is 3.72. The first-order chi connectivity index (χ1) is 13.3. The highest BCUT2D eigenvalue weighted by atomic mass is 19.4. The number of imide groups is 1. The number of hydrogen-bond donors (Lipinski definition) is 3. The first kappa shape index (κ1) is 20.4. The lowest BCUT2D eigenvalue weighted by molar-refractivity contribution is -0.892. The van der Waals surface area contributed by atoms with Gasteiger partial charge < -0.3 is 10.2 Å². The molecule has 0 atom stereocenters. The lowest BCUT2D eigenvalue weighted by atomic mass is 10.2. The smallest absolute Gasteiger partial charge is 0.335 e. The average molecular weight is 401 g/mol. The Balaban J connectivity index is 1.41. The Morgan fingerprint density at radius 2 is 1.86 bits per heavy atom. The van der Waals surface area contributed by atoms with Crippen LogP contribution in [-0.4, -0.2) is 50.7 Å². The van der Waals surface area contributed by atoms with Crippen LogP contribution in [0.4, 0.5) is 23.8 Å². The number of alkyl halides is 3. The van der Waals surface area contributed by atoms with Crippen molar-refractivity contribution < 1.29 is 32.6 Å². The Morgan fingerprint density at radius 1 is 1.18 bits per heavy atom. The number of halogens is 3. The minimum Gasteiger partial charge on any atom is -0.335 e. The summed E-state index contributed by atoms with van der Waals surface area (Å²) in [7, 11) is 0. The molecule has 3 rings (SSSR count). The monoisotopic (exact) mass is 401 g/mol. The number of pyridine rings is 1. The zero-order valence-electron chi connectivity index (χ0n) is 15.6. The van der Waals surface area contributed by atoms with Gasteiger partial charge in [0.1, 0.15) is 32.4 Å². The molecule has 0 spiro atoms. The molecule has 1 aliphatic carbocycles. The number of nitrogens with one attached hydrogen (secondary N) is 4. The van der Waals surface area contributed by atoms with Crippen LogP contribution in [0.1, 0.15) is 31.2 Å². The van der Waals surface area contributed by atoms with Crippen LogP contribution in [0.5, 0.6) is 0 Å². The van der Waals surface area contributed by atoms with E-state index in [0.717, 1.165) is 42.8 Å². The third-order valence-corrected chi connectivity index (χ3v) is 5.29. The number of carbonyl (C=O) groups excluding carboxylic acids is 2. The van der Waals surface area contributed by atoms with Gasteiger partial charge in [-0.2, -0.15) is 13.2 Å². The maximum absolute atomic E-state index is 12.6. The summed E-state index contributed by atoms with van der Waals surface area (Å²) in [6.07, 6.45) is 0.708. The van der Waals surface area contributed by atoms with E-state index in [4.69, 9.17) is 0 Å². The molecule has 4 N–H and O–H groups in total. The number of quaternary nitrogens is 1. The molecule has 0 radical (unpaired) electrons. The molecule has 1 aliphatic heterocycles. The van der Waals surface area contributed by atoms with Crippen LogP contribution in [0.3, 0.4) is 0 Å². The Kier molecular flexibility index (Phi) is 6.38. The van der Waals surface area contributed by atoms with Crippen LogP contribution < -0.4 is 25.4 Å². The largest absolute Gasteiger partial charge is 0.419 e. The summed E-state index contributed by atoms with van der Waals surface area (Å²) in [6, 6.07) is 2.20. The fraction of sp³-hybridized carbons (Fsp3) is 0.611. The van der Waals surface area contributed by atoms with Gasteiger partial charge >= 0.3 is 12.2 Å². The van der Waals surface area contributed by atoms with Gasteiger partial charge in [0, 0.05) is 12.1 Å². The number of aromatic nitrogens is 1. The quantitative estimate of drug-likeness (QED) is 0.664. The molecular formula is C18H26F3N5O2+2. The summed E-state index contributed by atoms with van der Waals surface area (Å²) in [5, 5.41) is 5.20. The van der Waals surface area contributed by atoms with Crippen molar-refractivity contribution in [1.29, 1.82) is 0 Å². The number of piperazine rings is 1. The molecular weight excluding hydrogens is 375 g/mol. The molecule has 0 unspecified atom stereocenters. The first-order valence-electron chi connectivity index (χ1n) is 9.59. The number of H-pyrrole nitrogens is 1. The number of rotatable bonds is 4. The predicted molar refractivity (Wildman–Crippen MR) is 94.7 cm³/mol. The van der Waals surface area contributed by atoms with E-state index in [-0.39, 0.29) is 18.5 Å². The Bertz CT molecular complexity index is 681. The fourth-order valence-corrected chi connectivity index (χ4v) is 3.72. The summed E-state index contributed by atoms with van der Waals surface area (Å²) >= 11 is 0. The molecule has 2 heterocycles. The van der Waals surface area contributed by atoms with E-state index in [1.165, 1.54) is 6.07 Å². The SMILES string of the molecule is O=C(C[NH+]1CCN(c2ccc(C(F)(F)F)c[nH+]2)CC1)NC(=O)NC1CCCC1. The molecule has 0 bridgehead atoms. The highest BCUT2D eigenvalue weighted by Crippen LogP contribution is 2.28. The number of carbonyl (C=O) groups is 2. The Labute approximate surface area is 161 Å². The second-order valence-electron chi connectivity index (χ2n) is 7.38. The molecule has 3 amide bonds. The molecule has 154 valence electrons. The molecule has 1 saturated carbocycles. The summed E-state index contributed by atoms with van der Waals surface area (Å²) in [5.74, 6) is 0.299. The summed E-state index contributed by atoms with van der Waals surface area (Å²) in [5.41, 5.74) is -0.715. The van der Waals surface area contributed by atoms with Crippen molar-refractivity contribution in [3.05, 3.63) is 23.9 Å². The molecule has 1 saturated heterocycles. The number of urea groups is 1. The van der Waals surface area contributed by atoms with Gasteiger partial charge in [0.25, 0.3) is 11.7 Å². The lowest BCUT2D eigenvalue weighted by Gasteiger charge is -2.27. The van der Waals surface area contributed by atoms with Crippen molar-refractivity contribution in [3.8, 4) is 0 Å². The highest BCUT2D eigenvalue weighted by molar-refractivity contribution is 5.94. The van der Waals surface area contributed by atoms with Gasteiger partial charge in [0.2, 0.25) is 0 Å². The van der Waals surface area contributed by atoms with Crippen molar-refractivity contribution >= 4 is 17.8 Å². The minimum absolute atomic E-state index is 0.156. The van der Waals surface area contributed by atoms with E-state index in [1.54, 1.807) is 0 Å². The number of amides is 3. The summed E-state index contributed by atoms with van der Waals surface area (Å²) in [6.45, 7) is 2.74. The summed E-state index contributed by atoms with van der Waals surface area (Å²) < 4.78 is 37.9. The third kappa shape index (κ3) is 5.57. The Morgan fingerprint density at radius 3 is 2.43 bits per heavy atom. The molecule has 10 heteroatoms. The van der Waals surface area contributed by atoms with Crippen LogP contribution in [0.25, 0.3) is 0 Å². The zero-order chi connectivity index (χ0) is 20.1. The molecule has 0 aromatic carbocycles. The third-order valence-electron chi connectivity index (χ3n) is 5.29. The van der Waals surface area contributed by atoms with Gasteiger partial charge in [-0.05, 0) is 18.9 Å². The number of anilines is 1. The molecule has 1 aromatic rings. The van der Waals surface area contributed by atoms with Crippen molar-refractivity contribution in [2.24, 2.45) is 0 Å². The van der Waals surface area contributed by atoms with Gasteiger partial charge in [-0.3, -0.25) is 15.0 Å². The van der Waals surface area contributed by atoms with Gasteiger partial charge in [0.15, 0.2) is 6.54 Å². The highest BCUT2D eigenvalue weighted by Gasteiger charge is 2.33. The summed E-state index contributed by atoms with van der Waals surface area (Å²) in [4.78, 5) is 29.6. The molecule has 1 aromatic heterocycles. The number of aromatic amines is 1. The van der Waals surface area contributed by atoms with Crippen LogP contribution in [-0.2, 0) is 11.0 Å². The minimum atomic E-state index is -4.37. The van der Waals surface area contributed by atoms with Crippen LogP contribution in [0, 0.1) is 0 Å². The van der Waals surface area contributed by atoms with E-state index in [2.05, 4.69) is 15.6 Å². The predicted octanol–water partition coefficient (Wildman–Crippen LogP) is -0.00720. The second kappa shape index (κ2) is 8.76. The van der Waals surface area contributed by atoms with E-state index in [1.807, 2.05) is 4.90 Å².